The molecule has 100 valence electrons. The first-order chi connectivity index (χ1) is 8.87. The van der Waals surface area contributed by atoms with Crippen LogP contribution in [0.5, 0.6) is 0 Å². The molecule has 0 bridgehead atoms. The first-order valence-corrected chi connectivity index (χ1v) is 6.30. The fraction of sp³-hybridized carbons (Fsp3) is 0.333. The second-order valence-corrected chi connectivity index (χ2v) is 5.47. The summed E-state index contributed by atoms with van der Waals surface area (Å²) < 4.78 is 1.62. The Labute approximate surface area is 112 Å². The smallest absolute Gasteiger partial charge is 0.254 e. The van der Waals surface area contributed by atoms with Crippen LogP contribution in [0.4, 0.5) is 0 Å². The molecule has 0 fully saturated rings. The van der Waals surface area contributed by atoms with E-state index in [1.165, 1.54) is 0 Å². The lowest BCUT2D eigenvalue weighted by Crippen LogP contribution is -2.41. The topological polar surface area (TPSA) is 60.9 Å². The van der Waals surface area contributed by atoms with Crippen LogP contribution < -0.4 is 11.3 Å². The molecular weight excluding hydrogens is 238 g/mol. The van der Waals surface area contributed by atoms with E-state index in [9.17, 15) is 4.79 Å². The van der Waals surface area contributed by atoms with E-state index >= 15 is 0 Å². The lowest BCUT2D eigenvalue weighted by Gasteiger charge is -2.21. The minimum absolute atomic E-state index is 0.0649. The highest BCUT2D eigenvalue weighted by atomic mass is 16.1. The average molecular weight is 257 g/mol. The Morgan fingerprint density at radius 2 is 1.89 bits per heavy atom. The quantitative estimate of drug-likeness (QED) is 0.914. The van der Waals surface area contributed by atoms with Gasteiger partial charge in [-0.15, -0.1) is 0 Å². The molecule has 0 spiro atoms. The summed E-state index contributed by atoms with van der Waals surface area (Å²) in [6.45, 7) is 6.08. The molecule has 1 aromatic carbocycles. The fourth-order valence-corrected chi connectivity index (χ4v) is 1.98. The number of nitrogens with two attached hydrogens (primary N) is 1. The van der Waals surface area contributed by atoms with Gasteiger partial charge in [0, 0.05) is 23.7 Å². The SMILES string of the molecule is Cc1nc(-c2ccccc2)cc(=O)n1CC(C)(C)N. The normalized spacial score (nSPS) is 11.6. The largest absolute Gasteiger partial charge is 0.324 e. The van der Waals surface area contributed by atoms with Crippen molar-refractivity contribution in [2.45, 2.75) is 32.9 Å². The van der Waals surface area contributed by atoms with Crippen molar-refractivity contribution < 1.29 is 0 Å². The molecule has 1 heterocycles. The monoisotopic (exact) mass is 257 g/mol. The van der Waals surface area contributed by atoms with Gasteiger partial charge in [0.1, 0.15) is 5.82 Å². The van der Waals surface area contributed by atoms with Gasteiger partial charge in [0.2, 0.25) is 0 Å². The fourth-order valence-electron chi connectivity index (χ4n) is 1.98. The molecule has 2 N–H and O–H groups in total. The Kier molecular flexibility index (Phi) is 3.53. The third-order valence-electron chi connectivity index (χ3n) is 2.83. The van der Waals surface area contributed by atoms with Gasteiger partial charge in [0.05, 0.1) is 5.69 Å². The molecule has 2 rings (SSSR count). The van der Waals surface area contributed by atoms with Gasteiger partial charge >= 0.3 is 0 Å². The Bertz CT molecular complexity index is 624. The summed E-state index contributed by atoms with van der Waals surface area (Å²) >= 11 is 0. The zero-order valence-corrected chi connectivity index (χ0v) is 11.6. The van der Waals surface area contributed by atoms with Crippen LogP contribution in [-0.4, -0.2) is 15.1 Å². The number of hydrogen-bond donors (Lipinski definition) is 1. The lowest BCUT2D eigenvalue weighted by molar-refractivity contribution is 0.417. The van der Waals surface area contributed by atoms with Crippen LogP contribution in [0.15, 0.2) is 41.2 Å². The summed E-state index contributed by atoms with van der Waals surface area (Å²) in [5.74, 6) is 0.685. The van der Waals surface area contributed by atoms with Gasteiger partial charge in [-0.2, -0.15) is 0 Å². The molecule has 0 saturated carbocycles. The summed E-state index contributed by atoms with van der Waals surface area (Å²) in [6.07, 6.45) is 0. The Balaban J connectivity index is 2.46. The number of aromatic nitrogens is 2. The molecule has 19 heavy (non-hydrogen) atoms. The second-order valence-electron chi connectivity index (χ2n) is 5.47. The number of rotatable bonds is 3. The summed E-state index contributed by atoms with van der Waals surface area (Å²) in [5, 5.41) is 0. The van der Waals surface area contributed by atoms with Crippen molar-refractivity contribution >= 4 is 0 Å². The van der Waals surface area contributed by atoms with Crippen molar-refractivity contribution in [1.82, 2.24) is 9.55 Å². The third-order valence-corrected chi connectivity index (χ3v) is 2.83. The second kappa shape index (κ2) is 4.97. The Morgan fingerprint density at radius 3 is 2.42 bits per heavy atom. The standard InChI is InChI=1S/C15H19N3O/c1-11-17-13(12-7-5-4-6-8-12)9-14(19)18(11)10-15(2,3)16/h4-9H,10,16H2,1-3H3. The van der Waals surface area contributed by atoms with Gasteiger partial charge in [0.15, 0.2) is 0 Å². The zero-order chi connectivity index (χ0) is 14.0. The van der Waals surface area contributed by atoms with Gasteiger partial charge in [-0.3, -0.25) is 9.36 Å². The van der Waals surface area contributed by atoms with Crippen LogP contribution in [0.1, 0.15) is 19.7 Å². The third kappa shape index (κ3) is 3.29. The van der Waals surface area contributed by atoms with Crippen molar-refractivity contribution in [2.24, 2.45) is 5.73 Å². The minimum Gasteiger partial charge on any atom is -0.324 e. The first kappa shape index (κ1) is 13.5. The van der Waals surface area contributed by atoms with Gasteiger partial charge in [-0.1, -0.05) is 30.3 Å². The molecule has 4 heteroatoms. The summed E-state index contributed by atoms with van der Waals surface area (Å²) in [7, 11) is 0. The summed E-state index contributed by atoms with van der Waals surface area (Å²) in [5.41, 5.74) is 7.11. The van der Waals surface area contributed by atoms with Crippen molar-refractivity contribution in [3.63, 3.8) is 0 Å². The molecule has 0 atom stereocenters. The van der Waals surface area contributed by atoms with Crippen LogP contribution >= 0.6 is 0 Å². The molecule has 2 aromatic rings. The van der Waals surface area contributed by atoms with E-state index in [2.05, 4.69) is 4.98 Å². The van der Waals surface area contributed by atoms with Gasteiger partial charge in [-0.05, 0) is 20.8 Å². The molecule has 0 aliphatic carbocycles. The number of nitrogens with zero attached hydrogens (tertiary/aromatic N) is 2. The maximum atomic E-state index is 12.2. The van der Waals surface area contributed by atoms with Crippen molar-refractivity contribution in [3.05, 3.63) is 52.6 Å². The summed E-state index contributed by atoms with van der Waals surface area (Å²) in [4.78, 5) is 16.7. The molecule has 4 nitrogen and oxygen atoms in total. The van der Waals surface area contributed by atoms with Crippen LogP contribution in [0.25, 0.3) is 11.3 Å². The van der Waals surface area contributed by atoms with Crippen LogP contribution in [0, 0.1) is 6.92 Å². The van der Waals surface area contributed by atoms with E-state index in [-0.39, 0.29) is 5.56 Å². The molecule has 0 radical (unpaired) electrons. The van der Waals surface area contributed by atoms with Crippen LogP contribution in [0.2, 0.25) is 0 Å². The molecule has 0 saturated heterocycles. The highest BCUT2D eigenvalue weighted by Gasteiger charge is 2.15. The zero-order valence-electron chi connectivity index (χ0n) is 11.6. The maximum Gasteiger partial charge on any atom is 0.254 e. The van der Waals surface area contributed by atoms with Gasteiger partial charge in [-0.25, -0.2) is 4.98 Å². The molecule has 0 unspecified atom stereocenters. The predicted molar refractivity (Wildman–Crippen MR) is 76.9 cm³/mol. The van der Waals surface area contributed by atoms with Crippen LogP contribution in [0.3, 0.4) is 0 Å². The van der Waals surface area contributed by atoms with Gasteiger partial charge in [0.25, 0.3) is 5.56 Å². The van der Waals surface area contributed by atoms with Crippen molar-refractivity contribution in [1.29, 1.82) is 0 Å². The maximum absolute atomic E-state index is 12.2. The highest BCUT2D eigenvalue weighted by Crippen LogP contribution is 2.15. The van der Waals surface area contributed by atoms with Crippen molar-refractivity contribution in [3.8, 4) is 11.3 Å². The summed E-state index contributed by atoms with van der Waals surface area (Å²) in [6, 6.07) is 11.3. The van der Waals surface area contributed by atoms with E-state index in [1.807, 2.05) is 51.1 Å². The van der Waals surface area contributed by atoms with E-state index in [0.29, 0.717) is 18.1 Å². The van der Waals surface area contributed by atoms with E-state index in [1.54, 1.807) is 10.6 Å². The van der Waals surface area contributed by atoms with Crippen LogP contribution in [-0.2, 0) is 6.54 Å². The molecular formula is C15H19N3O. The van der Waals surface area contributed by atoms with Gasteiger partial charge < -0.3 is 5.73 Å². The predicted octanol–water partition coefficient (Wildman–Crippen LogP) is 1.96. The molecule has 1 aromatic heterocycles. The molecule has 0 aliphatic heterocycles. The highest BCUT2D eigenvalue weighted by molar-refractivity contribution is 5.58. The molecule has 0 amide bonds. The number of benzene rings is 1. The number of aryl methyl sites for hydroxylation is 1. The molecule has 0 aliphatic rings. The lowest BCUT2D eigenvalue weighted by atomic mass is 10.1. The minimum atomic E-state index is -0.440. The van der Waals surface area contributed by atoms with E-state index in [4.69, 9.17) is 5.73 Å². The van der Waals surface area contributed by atoms with Crippen molar-refractivity contribution in [2.75, 3.05) is 0 Å². The Hall–Kier alpha value is -1.94. The van der Waals surface area contributed by atoms with E-state index < -0.39 is 5.54 Å². The Morgan fingerprint density at radius 1 is 1.26 bits per heavy atom. The van der Waals surface area contributed by atoms with E-state index in [0.717, 1.165) is 5.56 Å². The average Bonchev–Trinajstić information content (AvgIpc) is 2.33. The first-order valence-electron chi connectivity index (χ1n) is 6.30. The number of hydrogen-bond acceptors (Lipinski definition) is 3.